The van der Waals surface area contributed by atoms with Crippen LogP contribution >= 0.6 is 7.67 Å². The Labute approximate surface area is 258 Å². The van der Waals surface area contributed by atoms with E-state index in [1.807, 2.05) is 32.3 Å². The summed E-state index contributed by atoms with van der Waals surface area (Å²) in [7, 11) is -2.69. The smallest absolute Gasteiger partial charge is 0.388 e. The van der Waals surface area contributed by atoms with Crippen molar-refractivity contribution in [3.8, 4) is 5.88 Å². The highest BCUT2D eigenvalue weighted by Crippen LogP contribution is 2.47. The van der Waals surface area contributed by atoms with Gasteiger partial charge in [0.25, 0.3) is 0 Å². The molecule has 0 amide bonds. The molecule has 15 nitrogen and oxygen atoms in total. The van der Waals surface area contributed by atoms with Gasteiger partial charge in [-0.1, -0.05) is 40.5 Å². The summed E-state index contributed by atoms with van der Waals surface area (Å²) in [6, 6.07) is -1.02. The monoisotopic (exact) mass is 639 g/mol. The molecule has 0 aliphatic carbocycles. The summed E-state index contributed by atoms with van der Waals surface area (Å²) >= 11 is 0. The van der Waals surface area contributed by atoms with Gasteiger partial charge in [0.1, 0.15) is 23.8 Å². The number of carbonyl (C=O) groups is 2. The van der Waals surface area contributed by atoms with Gasteiger partial charge in [-0.05, 0) is 39.5 Å². The molecule has 0 radical (unpaired) electrons. The Morgan fingerprint density at radius 1 is 1.16 bits per heavy atom. The number of methoxy groups -OCH3 is 1. The van der Waals surface area contributed by atoms with Crippen LogP contribution in [0.3, 0.4) is 0 Å². The van der Waals surface area contributed by atoms with Crippen molar-refractivity contribution in [2.24, 2.45) is 10.7 Å². The number of ether oxygens (including phenoxy) is 4. The normalized spacial score (nSPS) is 20.8. The van der Waals surface area contributed by atoms with E-state index in [4.69, 9.17) is 29.2 Å². The first-order chi connectivity index (χ1) is 21.0. The molecule has 1 aliphatic rings. The molecule has 1 saturated heterocycles. The average Bonchev–Trinajstić information content (AvgIpc) is 3.51. The number of unbranched alkanes of at least 4 members (excludes halogenated alkanes) is 2. The van der Waals surface area contributed by atoms with Crippen molar-refractivity contribution < 1.29 is 37.6 Å². The Morgan fingerprint density at radius 2 is 1.84 bits per heavy atom. The molecule has 0 aromatic carbocycles. The number of nitrogens with one attached hydrogen (secondary N) is 1. The number of imidazole rings is 1. The van der Waals surface area contributed by atoms with Crippen LogP contribution in [0, 0.1) is 12.8 Å². The quantitative estimate of drug-likeness (QED) is 0.108. The lowest BCUT2D eigenvalue weighted by Gasteiger charge is -2.22. The third-order valence-electron chi connectivity index (χ3n) is 7.04. The first-order valence-electron chi connectivity index (χ1n) is 15.1. The second kappa shape index (κ2) is 16.3. The van der Waals surface area contributed by atoms with Crippen molar-refractivity contribution in [1.82, 2.24) is 24.6 Å². The molecule has 5 unspecified atom stereocenters. The van der Waals surface area contributed by atoms with E-state index >= 15 is 0 Å². The summed E-state index contributed by atoms with van der Waals surface area (Å²) in [5.74, 6) is -0.399. The summed E-state index contributed by atoms with van der Waals surface area (Å²) in [4.78, 5) is 38.3. The van der Waals surface area contributed by atoms with Gasteiger partial charge in [-0.2, -0.15) is 14.7 Å². The van der Waals surface area contributed by atoms with E-state index in [-0.39, 0.29) is 49.7 Å². The van der Waals surface area contributed by atoms with Crippen LogP contribution in [0.15, 0.2) is 4.76 Å². The van der Waals surface area contributed by atoms with Crippen molar-refractivity contribution in [2.45, 2.75) is 98.4 Å². The highest BCUT2D eigenvalue weighted by molar-refractivity contribution is 7.55. The fraction of sp³-hybridized carbons (Fsp3) is 0.714. The molecule has 1 aliphatic heterocycles. The van der Waals surface area contributed by atoms with Crippen molar-refractivity contribution in [3.05, 3.63) is 5.82 Å². The number of nitrogens with two attached hydrogens (primary N) is 1. The number of anilines is 1. The third kappa shape index (κ3) is 8.96. The van der Waals surface area contributed by atoms with Crippen LogP contribution in [0.25, 0.3) is 11.2 Å². The lowest BCUT2D eigenvalue weighted by Crippen LogP contribution is -2.34. The maximum Gasteiger partial charge on any atom is 0.388 e. The number of aromatic nitrogens is 4. The number of hydrogen-bond acceptors (Lipinski definition) is 12. The fourth-order valence-corrected chi connectivity index (χ4v) is 6.38. The topological polar surface area (TPSA) is 191 Å². The zero-order valence-corrected chi connectivity index (χ0v) is 27.6. The van der Waals surface area contributed by atoms with Gasteiger partial charge in [-0.25, -0.2) is 19.4 Å². The van der Waals surface area contributed by atoms with Crippen molar-refractivity contribution >= 4 is 42.4 Å². The molecule has 3 N–H and O–H groups in total. The van der Waals surface area contributed by atoms with E-state index in [2.05, 4.69) is 24.8 Å². The Hall–Kier alpha value is -3.13. The molecular formula is C28H46N7O8P. The van der Waals surface area contributed by atoms with Crippen molar-refractivity contribution in [2.75, 3.05) is 32.7 Å². The highest BCUT2D eigenvalue weighted by Gasteiger charge is 2.39. The Morgan fingerprint density at radius 3 is 2.48 bits per heavy atom. The van der Waals surface area contributed by atoms with E-state index < -0.39 is 38.0 Å². The molecule has 246 valence electrons. The maximum atomic E-state index is 14.1. The van der Waals surface area contributed by atoms with Crippen LogP contribution < -0.4 is 15.6 Å². The second-order valence-electron chi connectivity index (χ2n) is 10.7. The molecular weight excluding hydrogens is 593 g/mol. The maximum absolute atomic E-state index is 14.1. The van der Waals surface area contributed by atoms with E-state index in [1.54, 1.807) is 6.92 Å². The second-order valence-corrected chi connectivity index (χ2v) is 12.5. The SMILES string of the molecule is CCCCOC(=O)C(CC)=NP(=O)(NC(C)C(=O)OCCCC)OCC1CC(C)C(n2c(C)nc3c(OC)nc(N)nc32)O1. The Kier molecular flexibility index (Phi) is 13.1. The van der Waals surface area contributed by atoms with Gasteiger partial charge >= 0.3 is 19.6 Å². The number of carbonyl (C=O) groups excluding carboxylic acids is 2. The standard InChI is InChI=1S/C28H46N7O8P/c1-8-11-13-40-26(36)18(5)33-44(38,34-21(10-3)27(37)41-14-12-9-2)42-16-20-15-17(4)25(43-20)35-19(6)30-22-23(35)31-28(29)32-24(22)39-7/h17-18,20,25H,8-16H2,1-7H3,(H,33,38)(H2,29,31,32). The third-order valence-corrected chi connectivity index (χ3v) is 8.76. The minimum Gasteiger partial charge on any atom is -0.479 e. The number of esters is 2. The van der Waals surface area contributed by atoms with Crippen LogP contribution in [0.4, 0.5) is 5.95 Å². The predicted octanol–water partition coefficient (Wildman–Crippen LogP) is 4.29. The van der Waals surface area contributed by atoms with Gasteiger partial charge in [0.05, 0.1) is 33.0 Å². The first-order valence-corrected chi connectivity index (χ1v) is 16.7. The summed E-state index contributed by atoms with van der Waals surface area (Å²) < 4.78 is 48.3. The molecule has 0 bridgehead atoms. The molecule has 0 saturated carbocycles. The zero-order valence-electron chi connectivity index (χ0n) is 26.7. The zero-order chi connectivity index (χ0) is 32.4. The van der Waals surface area contributed by atoms with E-state index in [0.717, 1.165) is 12.8 Å². The van der Waals surface area contributed by atoms with Crippen LogP contribution in [-0.4, -0.2) is 76.2 Å². The van der Waals surface area contributed by atoms with Crippen molar-refractivity contribution in [3.63, 3.8) is 0 Å². The van der Waals surface area contributed by atoms with Crippen LogP contribution in [0.5, 0.6) is 5.88 Å². The van der Waals surface area contributed by atoms with Crippen LogP contribution in [0.1, 0.15) is 85.2 Å². The number of fused-ring (bicyclic) bond motifs is 1. The molecule has 2 aromatic rings. The molecule has 44 heavy (non-hydrogen) atoms. The minimum atomic E-state index is -4.17. The molecule has 2 aromatic heterocycles. The number of hydrogen-bond donors (Lipinski definition) is 2. The van der Waals surface area contributed by atoms with E-state index in [0.29, 0.717) is 36.3 Å². The molecule has 5 atom stereocenters. The largest absolute Gasteiger partial charge is 0.479 e. The number of nitrogens with zero attached hydrogens (tertiary/aromatic N) is 5. The van der Waals surface area contributed by atoms with Gasteiger partial charge < -0.3 is 24.7 Å². The summed E-state index contributed by atoms with van der Waals surface area (Å²) in [6.45, 7) is 11.3. The average molecular weight is 640 g/mol. The number of rotatable bonds is 17. The molecule has 1 fully saturated rings. The Balaban J connectivity index is 1.82. The van der Waals surface area contributed by atoms with Gasteiger partial charge in [-0.3, -0.25) is 13.9 Å². The lowest BCUT2D eigenvalue weighted by atomic mass is 10.1. The first kappa shape index (κ1) is 35.4. The molecule has 3 rings (SSSR count). The minimum absolute atomic E-state index is 0.0232. The lowest BCUT2D eigenvalue weighted by molar-refractivity contribution is -0.145. The van der Waals surface area contributed by atoms with Gasteiger partial charge in [-0.15, -0.1) is 0 Å². The number of aryl methyl sites for hydroxylation is 1. The summed E-state index contributed by atoms with van der Waals surface area (Å²) in [5, 5.41) is 2.68. The predicted molar refractivity (Wildman–Crippen MR) is 164 cm³/mol. The van der Waals surface area contributed by atoms with Crippen molar-refractivity contribution in [1.29, 1.82) is 0 Å². The Bertz CT molecular complexity index is 1370. The number of nitrogen functional groups attached to an aromatic ring is 1. The molecule has 16 heteroatoms. The fourth-order valence-electron chi connectivity index (χ4n) is 4.69. The summed E-state index contributed by atoms with van der Waals surface area (Å²) in [5.41, 5.74) is 6.77. The highest BCUT2D eigenvalue weighted by atomic mass is 31.2. The summed E-state index contributed by atoms with van der Waals surface area (Å²) in [6.07, 6.45) is 2.77. The van der Waals surface area contributed by atoms with Gasteiger partial charge in [0, 0.05) is 5.92 Å². The molecule has 0 spiro atoms. The molecule has 3 heterocycles. The van der Waals surface area contributed by atoms with E-state index in [1.165, 1.54) is 14.0 Å². The van der Waals surface area contributed by atoms with Crippen LogP contribution in [-0.2, 0) is 32.9 Å². The van der Waals surface area contributed by atoms with Gasteiger partial charge in [0.2, 0.25) is 11.8 Å². The van der Waals surface area contributed by atoms with Gasteiger partial charge in [0.15, 0.2) is 11.2 Å². The van der Waals surface area contributed by atoms with E-state index in [9.17, 15) is 14.2 Å². The van der Waals surface area contributed by atoms with Crippen LogP contribution in [0.2, 0.25) is 0 Å².